The van der Waals surface area contributed by atoms with Gasteiger partial charge in [-0.15, -0.1) is 11.3 Å². The lowest BCUT2D eigenvalue weighted by atomic mass is 10.1. The van der Waals surface area contributed by atoms with E-state index >= 15 is 0 Å². The van der Waals surface area contributed by atoms with Crippen molar-refractivity contribution in [3.8, 4) is 17.6 Å². The average Bonchev–Trinajstić information content (AvgIpc) is 3.27. The van der Waals surface area contributed by atoms with Crippen molar-refractivity contribution in [3.05, 3.63) is 46.6 Å². The first kappa shape index (κ1) is 33.5. The maximum atomic E-state index is 14.5. The highest BCUT2D eigenvalue weighted by molar-refractivity contribution is 7.91. The summed E-state index contributed by atoms with van der Waals surface area (Å²) in [5.41, 5.74) is 0.153. The highest BCUT2D eigenvalue weighted by Gasteiger charge is 2.32. The maximum absolute atomic E-state index is 14.5. The normalized spacial score (nSPS) is 15.5. The predicted molar refractivity (Wildman–Crippen MR) is 156 cm³/mol. The second kappa shape index (κ2) is 13.7. The Labute approximate surface area is 252 Å². The molecule has 16 heteroatoms. The molecule has 4 N–H and O–H groups in total. The van der Waals surface area contributed by atoms with Crippen LogP contribution in [0.1, 0.15) is 23.3 Å². The first-order valence-corrected chi connectivity index (χ1v) is 16.0. The first-order valence-electron chi connectivity index (χ1n) is 13.3. The summed E-state index contributed by atoms with van der Waals surface area (Å²) in [5, 5.41) is 17.7. The van der Waals surface area contributed by atoms with E-state index in [2.05, 4.69) is 27.8 Å². The molecule has 1 fully saturated rings. The van der Waals surface area contributed by atoms with Gasteiger partial charge >= 0.3 is 12.4 Å². The molecule has 44 heavy (non-hydrogen) atoms. The van der Waals surface area contributed by atoms with Crippen LogP contribution in [0.5, 0.6) is 5.75 Å². The topological polar surface area (TPSA) is 99.7 Å². The molecule has 2 aromatic carbocycles. The molecule has 0 unspecified atom stereocenters. The Kier molecular flexibility index (Phi) is 10.4. The summed E-state index contributed by atoms with van der Waals surface area (Å²) in [7, 11) is -3.11. The van der Waals surface area contributed by atoms with E-state index in [0.29, 0.717) is 28.6 Å². The van der Waals surface area contributed by atoms with Crippen LogP contribution in [0.4, 0.5) is 47.8 Å². The van der Waals surface area contributed by atoms with Crippen LogP contribution < -0.4 is 20.7 Å². The average molecular weight is 668 g/mol. The minimum Gasteiger partial charge on any atom is -0.482 e. The van der Waals surface area contributed by atoms with Crippen LogP contribution in [0.15, 0.2) is 30.3 Å². The number of anilines is 3. The van der Waals surface area contributed by atoms with Crippen LogP contribution in [-0.2, 0) is 16.3 Å². The number of rotatable bonds is 10. The second-order valence-corrected chi connectivity index (χ2v) is 13.3. The fourth-order valence-electron chi connectivity index (χ4n) is 4.58. The molecule has 7 nitrogen and oxygen atoms in total. The van der Waals surface area contributed by atoms with Crippen molar-refractivity contribution in [2.45, 2.75) is 37.7 Å². The van der Waals surface area contributed by atoms with Gasteiger partial charge in [0.25, 0.3) is 0 Å². The standard InChI is InChI=1S/C28H28F7N3O4S2/c29-20-13-23(24(42-16-28(33,34)35)14-22(20)37-9-10-39)36-8-2-5-25-19(15-27(30,31)32)18-3-1-4-21(26(18)43-25)38-17-6-11-44(40,41)12-7-17/h1,3-4,13-14,17,36-39H,6-12,15-16H2. The Balaban J connectivity index is 1.59. The van der Waals surface area contributed by atoms with Crippen LogP contribution in [0.2, 0.25) is 0 Å². The predicted octanol–water partition coefficient (Wildman–Crippen LogP) is 5.94. The number of halogens is 7. The zero-order valence-electron chi connectivity index (χ0n) is 23.0. The quantitative estimate of drug-likeness (QED) is 0.157. The number of nitrogens with one attached hydrogen (secondary N) is 3. The first-order chi connectivity index (χ1) is 20.6. The Morgan fingerprint density at radius 2 is 1.73 bits per heavy atom. The molecule has 0 saturated carbocycles. The minimum absolute atomic E-state index is 0.0168. The maximum Gasteiger partial charge on any atom is 0.422 e. The molecule has 1 aromatic heterocycles. The summed E-state index contributed by atoms with van der Waals surface area (Å²) in [6.45, 7) is -2.35. The summed E-state index contributed by atoms with van der Waals surface area (Å²) < 4.78 is 122. The Morgan fingerprint density at radius 3 is 2.39 bits per heavy atom. The highest BCUT2D eigenvalue weighted by atomic mass is 32.2. The molecular weight excluding hydrogens is 639 g/mol. The van der Waals surface area contributed by atoms with Crippen molar-refractivity contribution < 1.29 is 49.0 Å². The molecule has 2 heterocycles. The number of sulfone groups is 1. The number of fused-ring (bicyclic) bond motifs is 1. The zero-order chi connectivity index (χ0) is 32.1. The van der Waals surface area contributed by atoms with Crippen LogP contribution in [0.25, 0.3) is 10.1 Å². The Morgan fingerprint density at radius 1 is 1.00 bits per heavy atom. The molecule has 4 rings (SSSR count). The van der Waals surface area contributed by atoms with Crippen molar-refractivity contribution in [3.63, 3.8) is 0 Å². The van der Waals surface area contributed by atoms with Gasteiger partial charge in [0.1, 0.15) is 21.4 Å². The minimum atomic E-state index is -4.68. The fraction of sp³-hybridized carbons (Fsp3) is 0.429. The van der Waals surface area contributed by atoms with Gasteiger partial charge in [0, 0.05) is 24.7 Å². The number of hydrogen-bond acceptors (Lipinski definition) is 8. The van der Waals surface area contributed by atoms with Crippen LogP contribution in [0.3, 0.4) is 0 Å². The monoisotopic (exact) mass is 667 g/mol. The second-order valence-electron chi connectivity index (χ2n) is 9.99. The third kappa shape index (κ3) is 9.29. The molecule has 1 saturated heterocycles. The number of benzene rings is 2. The molecule has 1 aliphatic heterocycles. The van der Waals surface area contributed by atoms with Gasteiger partial charge in [0.05, 0.1) is 57.7 Å². The molecular formula is C28H28F7N3O4S2. The highest BCUT2D eigenvalue weighted by Crippen LogP contribution is 2.39. The molecule has 0 atom stereocenters. The molecule has 0 aliphatic carbocycles. The third-order valence-electron chi connectivity index (χ3n) is 6.57. The summed E-state index contributed by atoms with van der Waals surface area (Å²) in [5.74, 6) is 4.21. The van der Waals surface area contributed by atoms with E-state index in [1.165, 1.54) is 0 Å². The smallest absolute Gasteiger partial charge is 0.422 e. The Bertz CT molecular complexity index is 1630. The van der Waals surface area contributed by atoms with Crippen LogP contribution in [-0.4, -0.2) is 69.7 Å². The van der Waals surface area contributed by atoms with Gasteiger partial charge in [0.2, 0.25) is 0 Å². The van der Waals surface area contributed by atoms with Gasteiger partial charge in [0.15, 0.2) is 6.61 Å². The van der Waals surface area contributed by atoms with Crippen molar-refractivity contribution in [2.75, 3.05) is 53.8 Å². The molecule has 1 aliphatic rings. The lowest BCUT2D eigenvalue weighted by molar-refractivity contribution is -0.153. The molecule has 0 bridgehead atoms. The molecule has 0 spiro atoms. The zero-order valence-corrected chi connectivity index (χ0v) is 24.6. The van der Waals surface area contributed by atoms with E-state index in [4.69, 9.17) is 9.84 Å². The number of alkyl halides is 6. The molecule has 0 radical (unpaired) electrons. The van der Waals surface area contributed by atoms with E-state index < -0.39 is 41.0 Å². The third-order valence-corrected chi connectivity index (χ3v) is 9.48. The van der Waals surface area contributed by atoms with Crippen LogP contribution >= 0.6 is 11.3 Å². The lowest BCUT2D eigenvalue weighted by Crippen LogP contribution is -2.32. The Hall–Kier alpha value is -3.42. The number of hydrogen-bond donors (Lipinski definition) is 4. The van der Waals surface area contributed by atoms with E-state index in [0.717, 1.165) is 23.5 Å². The summed E-state index contributed by atoms with van der Waals surface area (Å²) >= 11 is 1.03. The molecule has 240 valence electrons. The van der Waals surface area contributed by atoms with Crippen LogP contribution in [0, 0.1) is 17.7 Å². The number of aliphatic hydroxyl groups is 1. The largest absolute Gasteiger partial charge is 0.482 e. The fourth-order valence-corrected chi connectivity index (χ4v) is 7.24. The van der Waals surface area contributed by atoms with Gasteiger partial charge < -0.3 is 25.8 Å². The van der Waals surface area contributed by atoms with Gasteiger partial charge in [-0.3, -0.25) is 0 Å². The van der Waals surface area contributed by atoms with Gasteiger partial charge in [-0.05, 0) is 29.9 Å². The van der Waals surface area contributed by atoms with Gasteiger partial charge in [-0.2, -0.15) is 26.3 Å². The van der Waals surface area contributed by atoms with Crippen molar-refractivity contribution in [1.29, 1.82) is 0 Å². The number of ether oxygens (including phenoxy) is 1. The molecule has 0 amide bonds. The van der Waals surface area contributed by atoms with Gasteiger partial charge in [-0.25, -0.2) is 12.8 Å². The van der Waals surface area contributed by atoms with E-state index in [1.807, 2.05) is 0 Å². The summed E-state index contributed by atoms with van der Waals surface area (Å²) in [4.78, 5) is 0.128. The van der Waals surface area contributed by atoms with E-state index in [1.54, 1.807) is 18.2 Å². The SMILES string of the molecule is O=S1(=O)CCC(Nc2cccc3c(CC(F)(F)F)c(C#CCNc4cc(F)c(NCCO)cc4OCC(F)(F)F)sc23)CC1. The van der Waals surface area contributed by atoms with Crippen molar-refractivity contribution in [1.82, 2.24) is 0 Å². The number of aliphatic hydroxyl groups excluding tert-OH is 1. The van der Waals surface area contributed by atoms with E-state index in [9.17, 15) is 39.2 Å². The lowest BCUT2D eigenvalue weighted by Gasteiger charge is -2.24. The van der Waals surface area contributed by atoms with Crippen molar-refractivity contribution >= 4 is 48.3 Å². The van der Waals surface area contributed by atoms with Gasteiger partial charge in [-0.1, -0.05) is 24.0 Å². The number of thiophene rings is 1. The van der Waals surface area contributed by atoms with Crippen molar-refractivity contribution in [2.24, 2.45) is 0 Å². The van der Waals surface area contributed by atoms with E-state index in [-0.39, 0.29) is 64.8 Å². The summed E-state index contributed by atoms with van der Waals surface area (Å²) in [6, 6.07) is 6.56. The molecule has 3 aromatic rings. The summed E-state index contributed by atoms with van der Waals surface area (Å²) in [6.07, 6.45) is -9.74.